The minimum absolute atomic E-state index is 0.0217. The molecule has 0 unspecified atom stereocenters. The average Bonchev–Trinajstić information content (AvgIpc) is 2.49. The second kappa shape index (κ2) is 7.46. The number of carbonyl (C=O) groups is 1. The molecule has 0 aromatic heterocycles. The monoisotopic (exact) mass is 268 g/mol. The SMILES string of the molecule is NCCC(=O)NCCc1ccc(-c2ccccc2)cc1. The summed E-state index contributed by atoms with van der Waals surface area (Å²) >= 11 is 0. The molecule has 20 heavy (non-hydrogen) atoms. The van der Waals surface area contributed by atoms with Crippen molar-refractivity contribution in [1.29, 1.82) is 0 Å². The predicted octanol–water partition coefficient (Wildman–Crippen LogP) is 2.36. The highest BCUT2D eigenvalue weighted by Crippen LogP contribution is 2.19. The van der Waals surface area contributed by atoms with Gasteiger partial charge in [0.1, 0.15) is 0 Å². The molecular formula is C17H20N2O. The number of carbonyl (C=O) groups excluding carboxylic acids is 1. The molecule has 0 spiro atoms. The van der Waals surface area contributed by atoms with E-state index in [1.54, 1.807) is 0 Å². The van der Waals surface area contributed by atoms with Crippen molar-refractivity contribution < 1.29 is 4.79 Å². The van der Waals surface area contributed by atoms with Gasteiger partial charge in [-0.05, 0) is 23.1 Å². The van der Waals surface area contributed by atoms with Crippen LogP contribution >= 0.6 is 0 Å². The smallest absolute Gasteiger partial charge is 0.221 e. The molecule has 3 N–H and O–H groups in total. The normalized spacial score (nSPS) is 10.2. The molecule has 3 heteroatoms. The first-order valence-electron chi connectivity index (χ1n) is 6.91. The van der Waals surface area contributed by atoms with Crippen molar-refractivity contribution in [2.24, 2.45) is 5.73 Å². The van der Waals surface area contributed by atoms with Gasteiger partial charge in [-0.15, -0.1) is 0 Å². The molecule has 3 nitrogen and oxygen atoms in total. The second-order valence-corrected chi connectivity index (χ2v) is 4.70. The number of hydrogen-bond donors (Lipinski definition) is 2. The van der Waals surface area contributed by atoms with Crippen LogP contribution in [-0.4, -0.2) is 19.0 Å². The van der Waals surface area contributed by atoms with Crippen molar-refractivity contribution in [1.82, 2.24) is 5.32 Å². The Morgan fingerprint density at radius 2 is 1.60 bits per heavy atom. The molecule has 0 aliphatic heterocycles. The molecule has 0 saturated heterocycles. The number of nitrogens with one attached hydrogen (secondary N) is 1. The maximum Gasteiger partial charge on any atom is 0.221 e. The van der Waals surface area contributed by atoms with Gasteiger partial charge in [0.05, 0.1) is 0 Å². The fourth-order valence-corrected chi connectivity index (χ4v) is 2.06. The van der Waals surface area contributed by atoms with E-state index in [0.29, 0.717) is 19.5 Å². The van der Waals surface area contributed by atoms with Crippen LogP contribution in [0.3, 0.4) is 0 Å². The van der Waals surface area contributed by atoms with Gasteiger partial charge < -0.3 is 11.1 Å². The van der Waals surface area contributed by atoms with Crippen LogP contribution in [-0.2, 0) is 11.2 Å². The van der Waals surface area contributed by atoms with Crippen LogP contribution in [0.15, 0.2) is 54.6 Å². The first-order valence-corrected chi connectivity index (χ1v) is 6.91. The summed E-state index contributed by atoms with van der Waals surface area (Å²) in [6, 6.07) is 18.7. The molecule has 1 amide bonds. The molecule has 0 atom stereocenters. The highest BCUT2D eigenvalue weighted by Gasteiger charge is 2.00. The molecule has 0 fully saturated rings. The summed E-state index contributed by atoms with van der Waals surface area (Å²) < 4.78 is 0. The van der Waals surface area contributed by atoms with Crippen molar-refractivity contribution in [3.8, 4) is 11.1 Å². The summed E-state index contributed by atoms with van der Waals surface area (Å²) in [6.45, 7) is 1.06. The van der Waals surface area contributed by atoms with E-state index in [4.69, 9.17) is 5.73 Å². The fraction of sp³-hybridized carbons (Fsp3) is 0.235. The van der Waals surface area contributed by atoms with Crippen molar-refractivity contribution in [2.45, 2.75) is 12.8 Å². The lowest BCUT2D eigenvalue weighted by Crippen LogP contribution is -2.27. The van der Waals surface area contributed by atoms with E-state index >= 15 is 0 Å². The molecule has 2 rings (SSSR count). The lowest BCUT2D eigenvalue weighted by Gasteiger charge is -2.06. The van der Waals surface area contributed by atoms with E-state index in [2.05, 4.69) is 41.7 Å². The van der Waals surface area contributed by atoms with Crippen LogP contribution in [0.4, 0.5) is 0 Å². The van der Waals surface area contributed by atoms with Crippen LogP contribution in [0, 0.1) is 0 Å². The molecule has 2 aromatic carbocycles. The van der Waals surface area contributed by atoms with Crippen LogP contribution in [0.2, 0.25) is 0 Å². The van der Waals surface area contributed by atoms with Gasteiger partial charge in [-0.3, -0.25) is 4.79 Å². The Hall–Kier alpha value is -2.13. The molecule has 0 aliphatic rings. The van der Waals surface area contributed by atoms with E-state index in [-0.39, 0.29) is 5.91 Å². The van der Waals surface area contributed by atoms with Gasteiger partial charge in [-0.1, -0.05) is 54.6 Å². The highest BCUT2D eigenvalue weighted by molar-refractivity contribution is 5.76. The van der Waals surface area contributed by atoms with Crippen LogP contribution in [0.5, 0.6) is 0 Å². The van der Waals surface area contributed by atoms with Gasteiger partial charge in [0.15, 0.2) is 0 Å². The Morgan fingerprint density at radius 3 is 2.25 bits per heavy atom. The zero-order valence-corrected chi connectivity index (χ0v) is 11.5. The standard InChI is InChI=1S/C17H20N2O/c18-12-10-17(20)19-13-11-14-6-8-16(9-7-14)15-4-2-1-3-5-15/h1-9H,10-13,18H2,(H,19,20). The number of benzene rings is 2. The lowest BCUT2D eigenvalue weighted by atomic mass is 10.0. The first kappa shape index (κ1) is 14.3. The van der Waals surface area contributed by atoms with Crippen LogP contribution in [0.1, 0.15) is 12.0 Å². The maximum absolute atomic E-state index is 11.3. The Kier molecular flexibility index (Phi) is 5.33. The molecular weight excluding hydrogens is 248 g/mol. The number of nitrogens with two attached hydrogens (primary N) is 1. The molecule has 2 aromatic rings. The second-order valence-electron chi connectivity index (χ2n) is 4.70. The zero-order valence-electron chi connectivity index (χ0n) is 11.5. The van der Waals surface area contributed by atoms with E-state index in [0.717, 1.165) is 6.42 Å². The van der Waals surface area contributed by atoms with Crippen molar-refractivity contribution in [3.63, 3.8) is 0 Å². The van der Waals surface area contributed by atoms with Gasteiger partial charge in [0.2, 0.25) is 5.91 Å². The van der Waals surface area contributed by atoms with E-state index in [1.807, 2.05) is 18.2 Å². The fourth-order valence-electron chi connectivity index (χ4n) is 2.06. The van der Waals surface area contributed by atoms with Gasteiger partial charge >= 0.3 is 0 Å². The summed E-state index contributed by atoms with van der Waals surface area (Å²) in [5.41, 5.74) is 8.97. The molecule has 104 valence electrons. The average molecular weight is 268 g/mol. The summed E-state index contributed by atoms with van der Waals surface area (Å²) in [4.78, 5) is 11.3. The Balaban J connectivity index is 1.88. The zero-order chi connectivity index (χ0) is 14.2. The summed E-state index contributed by atoms with van der Waals surface area (Å²) in [6.07, 6.45) is 1.23. The van der Waals surface area contributed by atoms with Gasteiger partial charge in [-0.2, -0.15) is 0 Å². The Bertz CT molecular complexity index is 535. The Labute approximate surface area is 119 Å². The van der Waals surface area contributed by atoms with Gasteiger partial charge in [0.25, 0.3) is 0 Å². The topological polar surface area (TPSA) is 55.1 Å². The minimum Gasteiger partial charge on any atom is -0.356 e. The Morgan fingerprint density at radius 1 is 0.950 bits per heavy atom. The van der Waals surface area contributed by atoms with E-state index in [1.165, 1.54) is 16.7 Å². The third-order valence-corrected chi connectivity index (χ3v) is 3.17. The van der Waals surface area contributed by atoms with E-state index in [9.17, 15) is 4.79 Å². The molecule has 0 radical (unpaired) electrons. The third-order valence-electron chi connectivity index (χ3n) is 3.17. The lowest BCUT2D eigenvalue weighted by molar-refractivity contribution is -0.120. The van der Waals surface area contributed by atoms with E-state index < -0.39 is 0 Å². The third kappa shape index (κ3) is 4.21. The maximum atomic E-state index is 11.3. The summed E-state index contributed by atoms with van der Waals surface area (Å²) in [7, 11) is 0. The van der Waals surface area contributed by atoms with Crippen molar-refractivity contribution in [2.75, 3.05) is 13.1 Å². The molecule has 0 aliphatic carbocycles. The molecule has 0 heterocycles. The number of hydrogen-bond acceptors (Lipinski definition) is 2. The van der Waals surface area contributed by atoms with Crippen molar-refractivity contribution in [3.05, 3.63) is 60.2 Å². The van der Waals surface area contributed by atoms with Gasteiger partial charge in [0, 0.05) is 19.5 Å². The summed E-state index contributed by atoms with van der Waals surface area (Å²) in [5, 5.41) is 2.86. The van der Waals surface area contributed by atoms with Crippen molar-refractivity contribution >= 4 is 5.91 Å². The van der Waals surface area contributed by atoms with Crippen LogP contribution in [0.25, 0.3) is 11.1 Å². The quantitative estimate of drug-likeness (QED) is 0.845. The minimum atomic E-state index is 0.0217. The predicted molar refractivity (Wildman–Crippen MR) is 82.3 cm³/mol. The molecule has 0 bridgehead atoms. The largest absolute Gasteiger partial charge is 0.356 e. The first-order chi connectivity index (χ1) is 9.79. The highest BCUT2D eigenvalue weighted by atomic mass is 16.1. The molecule has 0 saturated carbocycles. The number of amides is 1. The van der Waals surface area contributed by atoms with Crippen LogP contribution < -0.4 is 11.1 Å². The summed E-state index contributed by atoms with van der Waals surface area (Å²) in [5.74, 6) is 0.0217. The number of rotatable bonds is 6. The van der Waals surface area contributed by atoms with Gasteiger partial charge in [-0.25, -0.2) is 0 Å².